The van der Waals surface area contributed by atoms with E-state index < -0.39 is 10.0 Å². The van der Waals surface area contributed by atoms with Crippen LogP contribution in [0, 0.1) is 0 Å². The van der Waals surface area contributed by atoms with E-state index in [1.807, 2.05) is 0 Å². The van der Waals surface area contributed by atoms with E-state index in [-0.39, 0.29) is 48.2 Å². The molecule has 1 rings (SSSR count). The summed E-state index contributed by atoms with van der Waals surface area (Å²) in [5.74, 6) is 0.587. The number of piperidine rings is 1. The lowest BCUT2D eigenvalue weighted by Crippen LogP contribution is -2.50. The lowest BCUT2D eigenvalue weighted by Gasteiger charge is -2.32. The molecule has 0 radical (unpaired) electrons. The molecule has 0 saturated carbocycles. The highest BCUT2D eigenvalue weighted by atomic mass is 127. The van der Waals surface area contributed by atoms with Crippen LogP contribution in [0.15, 0.2) is 4.99 Å². The van der Waals surface area contributed by atoms with E-state index in [1.54, 1.807) is 28.1 Å². The van der Waals surface area contributed by atoms with Gasteiger partial charge in [0.05, 0.1) is 12.4 Å². The number of likely N-dealkylation sites (N-methyl/N-ethyl adjacent to an activating group) is 1. The van der Waals surface area contributed by atoms with Gasteiger partial charge in [-0.15, -0.1) is 24.0 Å². The molecular weight excluding hydrogens is 473 g/mol. The number of guanidine groups is 1. The number of hydrogen-bond donors (Lipinski definition) is 2. The molecule has 0 bridgehead atoms. The van der Waals surface area contributed by atoms with Crippen molar-refractivity contribution < 1.29 is 17.9 Å². The lowest BCUT2D eigenvalue weighted by molar-refractivity contribution is -0.127. The van der Waals surface area contributed by atoms with Crippen molar-refractivity contribution >= 4 is 45.9 Å². The molecule has 11 heteroatoms. The van der Waals surface area contributed by atoms with Crippen LogP contribution < -0.4 is 10.6 Å². The van der Waals surface area contributed by atoms with Crippen LogP contribution in [0.5, 0.6) is 0 Å². The molecule has 1 aliphatic heterocycles. The Morgan fingerprint density at radius 3 is 2.42 bits per heavy atom. The minimum absolute atomic E-state index is 0. The molecule has 154 valence electrons. The van der Waals surface area contributed by atoms with E-state index in [9.17, 15) is 13.2 Å². The van der Waals surface area contributed by atoms with Crippen LogP contribution in [0.3, 0.4) is 0 Å². The molecular formula is C15H32IN5O4S. The molecule has 0 aromatic rings. The van der Waals surface area contributed by atoms with E-state index in [1.165, 1.54) is 9.21 Å². The molecule has 0 aromatic carbocycles. The average Bonchev–Trinajstić information content (AvgIpc) is 2.59. The number of aliphatic imine (C=N–C) groups is 1. The number of hydrogen-bond acceptors (Lipinski definition) is 5. The maximum atomic E-state index is 11.9. The van der Waals surface area contributed by atoms with Gasteiger partial charge in [0.25, 0.3) is 0 Å². The van der Waals surface area contributed by atoms with Crippen LogP contribution in [-0.2, 0) is 19.6 Å². The van der Waals surface area contributed by atoms with Crippen molar-refractivity contribution in [3.05, 3.63) is 0 Å². The van der Waals surface area contributed by atoms with Crippen LogP contribution in [-0.4, -0.2) is 95.3 Å². The van der Waals surface area contributed by atoms with Gasteiger partial charge in [-0.3, -0.25) is 4.79 Å². The number of amides is 1. The number of rotatable bonds is 8. The summed E-state index contributed by atoms with van der Waals surface area (Å²) in [6.07, 6.45) is 1.40. The van der Waals surface area contributed by atoms with Crippen molar-refractivity contribution in [2.24, 2.45) is 4.99 Å². The van der Waals surface area contributed by atoms with Gasteiger partial charge in [0.15, 0.2) is 5.96 Å². The molecule has 0 aliphatic carbocycles. The smallest absolute Gasteiger partial charge is 0.243 e. The van der Waals surface area contributed by atoms with Gasteiger partial charge >= 0.3 is 0 Å². The van der Waals surface area contributed by atoms with Gasteiger partial charge < -0.3 is 20.3 Å². The molecule has 2 N–H and O–H groups in total. The first kappa shape index (κ1) is 25.3. The topological polar surface area (TPSA) is 103 Å². The number of carbonyl (C=O) groups excluding carboxylic acids is 1. The Kier molecular flexibility index (Phi) is 12.4. The van der Waals surface area contributed by atoms with Crippen LogP contribution >= 0.6 is 24.0 Å². The summed E-state index contributed by atoms with van der Waals surface area (Å²) < 4.78 is 30.4. The fourth-order valence-corrected chi connectivity index (χ4v) is 3.50. The quantitative estimate of drug-likeness (QED) is 0.203. The highest BCUT2D eigenvalue weighted by Crippen LogP contribution is 2.14. The van der Waals surface area contributed by atoms with Crippen LogP contribution in [0.1, 0.15) is 19.8 Å². The molecule has 0 spiro atoms. The van der Waals surface area contributed by atoms with Gasteiger partial charge in [-0.1, -0.05) is 0 Å². The molecule has 9 nitrogen and oxygen atoms in total. The molecule has 1 aliphatic rings. The third kappa shape index (κ3) is 8.82. The molecule has 1 amide bonds. The number of ether oxygens (including phenoxy) is 1. The SMILES string of the molecule is CCS(=O)(=O)N1CCC(NC(=NCC(=O)N(C)C)NCCOC)CC1.I. The van der Waals surface area contributed by atoms with E-state index in [0.717, 1.165) is 0 Å². The first-order valence-corrected chi connectivity index (χ1v) is 10.1. The summed E-state index contributed by atoms with van der Waals surface area (Å²) in [6.45, 7) is 3.80. The van der Waals surface area contributed by atoms with E-state index >= 15 is 0 Å². The van der Waals surface area contributed by atoms with Crippen molar-refractivity contribution in [1.29, 1.82) is 0 Å². The minimum atomic E-state index is -3.13. The molecule has 1 saturated heterocycles. The highest BCUT2D eigenvalue weighted by molar-refractivity contribution is 14.0. The summed E-state index contributed by atoms with van der Waals surface area (Å²) in [6, 6.07) is 0.117. The second-order valence-corrected chi connectivity index (χ2v) is 8.35. The molecule has 0 aromatic heterocycles. The Hall–Kier alpha value is -0.660. The minimum Gasteiger partial charge on any atom is -0.383 e. The number of nitrogens with zero attached hydrogens (tertiary/aromatic N) is 3. The van der Waals surface area contributed by atoms with Gasteiger partial charge in [-0.2, -0.15) is 0 Å². The van der Waals surface area contributed by atoms with Crippen LogP contribution in [0.25, 0.3) is 0 Å². The third-order valence-electron chi connectivity index (χ3n) is 4.02. The number of halogens is 1. The molecule has 26 heavy (non-hydrogen) atoms. The summed E-state index contributed by atoms with van der Waals surface area (Å²) in [4.78, 5) is 17.5. The van der Waals surface area contributed by atoms with Crippen molar-refractivity contribution in [2.75, 3.05) is 59.7 Å². The van der Waals surface area contributed by atoms with E-state index in [2.05, 4.69) is 15.6 Å². The maximum absolute atomic E-state index is 11.9. The van der Waals surface area contributed by atoms with Gasteiger partial charge in [0, 0.05) is 46.9 Å². The number of nitrogens with one attached hydrogen (secondary N) is 2. The van der Waals surface area contributed by atoms with Crippen LogP contribution in [0.2, 0.25) is 0 Å². The summed E-state index contributed by atoms with van der Waals surface area (Å²) in [5.41, 5.74) is 0. The second-order valence-electron chi connectivity index (χ2n) is 6.09. The molecule has 0 unspecified atom stereocenters. The standard InChI is InChI=1S/C15H31N5O4S.HI/c1-5-25(22,23)20-9-6-13(7-10-20)18-15(16-8-11-24-4)17-12-14(21)19(2)3;/h13H,5-12H2,1-4H3,(H2,16,17,18);1H. The number of methoxy groups -OCH3 is 1. The summed E-state index contributed by atoms with van der Waals surface area (Å²) in [5, 5.41) is 6.42. The van der Waals surface area contributed by atoms with Crippen molar-refractivity contribution in [3.63, 3.8) is 0 Å². The Labute approximate surface area is 174 Å². The Bertz CT molecular complexity index is 548. The predicted molar refractivity (Wildman–Crippen MR) is 113 cm³/mol. The zero-order valence-electron chi connectivity index (χ0n) is 16.0. The van der Waals surface area contributed by atoms with Crippen LogP contribution in [0.4, 0.5) is 0 Å². The summed E-state index contributed by atoms with van der Waals surface area (Å²) in [7, 11) is 1.86. The van der Waals surface area contributed by atoms with Crippen molar-refractivity contribution in [3.8, 4) is 0 Å². The first-order chi connectivity index (χ1) is 11.8. The van der Waals surface area contributed by atoms with Crippen molar-refractivity contribution in [1.82, 2.24) is 19.8 Å². The van der Waals surface area contributed by atoms with Gasteiger partial charge in [-0.25, -0.2) is 17.7 Å². The molecule has 0 atom stereocenters. The highest BCUT2D eigenvalue weighted by Gasteiger charge is 2.27. The molecule has 1 heterocycles. The fourth-order valence-electron chi connectivity index (χ4n) is 2.37. The lowest BCUT2D eigenvalue weighted by atomic mass is 10.1. The van der Waals surface area contributed by atoms with Crippen molar-refractivity contribution in [2.45, 2.75) is 25.8 Å². The number of sulfonamides is 1. The van der Waals surface area contributed by atoms with Gasteiger partial charge in [0.2, 0.25) is 15.9 Å². The maximum Gasteiger partial charge on any atom is 0.243 e. The largest absolute Gasteiger partial charge is 0.383 e. The fraction of sp³-hybridized carbons (Fsp3) is 0.867. The second kappa shape index (κ2) is 12.7. The predicted octanol–water partition coefficient (Wildman–Crippen LogP) is -0.312. The molecule has 1 fully saturated rings. The summed E-state index contributed by atoms with van der Waals surface area (Å²) >= 11 is 0. The average molecular weight is 505 g/mol. The zero-order valence-corrected chi connectivity index (χ0v) is 19.2. The van der Waals surface area contributed by atoms with E-state index in [4.69, 9.17) is 4.74 Å². The van der Waals surface area contributed by atoms with Gasteiger partial charge in [-0.05, 0) is 19.8 Å². The zero-order chi connectivity index (χ0) is 18.9. The monoisotopic (exact) mass is 505 g/mol. The Morgan fingerprint density at radius 2 is 1.92 bits per heavy atom. The normalized spacial score (nSPS) is 16.7. The Balaban J connectivity index is 0.00000625. The first-order valence-electron chi connectivity index (χ1n) is 8.52. The Morgan fingerprint density at radius 1 is 1.31 bits per heavy atom. The third-order valence-corrected chi connectivity index (χ3v) is 5.90. The number of carbonyl (C=O) groups is 1. The van der Waals surface area contributed by atoms with E-state index in [0.29, 0.717) is 45.0 Å². The van der Waals surface area contributed by atoms with Gasteiger partial charge in [0.1, 0.15) is 6.54 Å².